The molecule has 0 radical (unpaired) electrons. The van der Waals surface area contributed by atoms with E-state index in [1.165, 1.54) is 6.92 Å². The van der Waals surface area contributed by atoms with Crippen LogP contribution >= 0.6 is 0 Å². The van der Waals surface area contributed by atoms with Crippen molar-refractivity contribution in [2.75, 3.05) is 5.32 Å². The first-order valence-electron chi connectivity index (χ1n) is 10.2. The third-order valence-electron chi connectivity index (χ3n) is 5.46. The molecule has 5 rings (SSSR count). The van der Waals surface area contributed by atoms with E-state index in [0.717, 1.165) is 17.0 Å². The molecule has 9 nitrogen and oxygen atoms in total. The van der Waals surface area contributed by atoms with Crippen LogP contribution in [0, 0.1) is 0 Å². The third kappa shape index (κ3) is 3.76. The number of urea groups is 1. The Kier molecular flexibility index (Phi) is 4.98. The molecular formula is C23H20N6O3. The quantitative estimate of drug-likeness (QED) is 0.475. The Morgan fingerprint density at radius 3 is 2.66 bits per heavy atom. The van der Waals surface area contributed by atoms with Crippen LogP contribution in [0.25, 0.3) is 11.4 Å². The highest BCUT2D eigenvalue weighted by molar-refractivity contribution is 5.95. The Bertz CT molecular complexity index is 1260. The summed E-state index contributed by atoms with van der Waals surface area (Å²) >= 11 is 0. The van der Waals surface area contributed by atoms with E-state index < -0.39 is 6.04 Å². The van der Waals surface area contributed by atoms with Gasteiger partial charge in [-0.05, 0) is 31.2 Å². The number of H-pyrrole nitrogens is 1. The summed E-state index contributed by atoms with van der Waals surface area (Å²) in [4.78, 5) is 38.4. The summed E-state index contributed by atoms with van der Waals surface area (Å²) in [5.74, 6) is 0.782. The molecule has 0 saturated carbocycles. The second kappa shape index (κ2) is 8.10. The predicted octanol–water partition coefficient (Wildman–Crippen LogP) is 3.99. The van der Waals surface area contributed by atoms with Crippen LogP contribution in [0.15, 0.2) is 65.4 Å². The number of ketones is 1. The average Bonchev–Trinajstić information content (AvgIpc) is 3.48. The summed E-state index contributed by atoms with van der Waals surface area (Å²) in [5.41, 5.74) is 3.74. The van der Waals surface area contributed by atoms with Crippen molar-refractivity contribution < 1.29 is 14.1 Å². The van der Waals surface area contributed by atoms with Gasteiger partial charge in [-0.3, -0.25) is 4.79 Å². The van der Waals surface area contributed by atoms with Crippen molar-refractivity contribution in [1.29, 1.82) is 0 Å². The molecule has 0 saturated heterocycles. The average molecular weight is 428 g/mol. The number of anilines is 1. The zero-order valence-corrected chi connectivity index (χ0v) is 17.3. The molecule has 1 unspecified atom stereocenters. The Hall–Kier alpha value is -4.27. The second-order valence-electron chi connectivity index (χ2n) is 7.56. The van der Waals surface area contributed by atoms with Crippen LogP contribution in [-0.2, 0) is 13.0 Å². The van der Waals surface area contributed by atoms with E-state index >= 15 is 0 Å². The lowest BCUT2D eigenvalue weighted by Gasteiger charge is -2.32. The summed E-state index contributed by atoms with van der Waals surface area (Å²) in [5, 5.41) is 7.00. The van der Waals surface area contributed by atoms with Crippen molar-refractivity contribution >= 4 is 17.5 Å². The molecule has 160 valence electrons. The minimum absolute atomic E-state index is 0.0311. The Morgan fingerprint density at radius 2 is 1.91 bits per heavy atom. The van der Waals surface area contributed by atoms with Gasteiger partial charge in [0.2, 0.25) is 11.7 Å². The number of fused-ring (bicyclic) bond motifs is 1. The lowest BCUT2D eigenvalue weighted by atomic mass is 10.0. The van der Waals surface area contributed by atoms with Gasteiger partial charge in [0.25, 0.3) is 0 Å². The topological polar surface area (TPSA) is 117 Å². The molecule has 0 fully saturated rings. The van der Waals surface area contributed by atoms with Gasteiger partial charge in [0.1, 0.15) is 6.04 Å². The normalized spacial score (nSPS) is 15.3. The van der Waals surface area contributed by atoms with Crippen molar-refractivity contribution in [2.24, 2.45) is 0 Å². The summed E-state index contributed by atoms with van der Waals surface area (Å²) in [6.45, 7) is 1.82. The van der Waals surface area contributed by atoms with Gasteiger partial charge in [-0.2, -0.15) is 4.98 Å². The molecule has 1 atom stereocenters. The molecule has 4 aromatic rings. The third-order valence-corrected chi connectivity index (χ3v) is 5.46. The van der Waals surface area contributed by atoms with Crippen LogP contribution in [0.4, 0.5) is 10.5 Å². The zero-order chi connectivity index (χ0) is 22.1. The van der Waals surface area contributed by atoms with Gasteiger partial charge < -0.3 is 19.7 Å². The highest BCUT2D eigenvalue weighted by atomic mass is 16.5. The highest BCUT2D eigenvalue weighted by Crippen LogP contribution is 2.32. The predicted molar refractivity (Wildman–Crippen MR) is 116 cm³/mol. The molecule has 1 aliphatic heterocycles. The lowest BCUT2D eigenvalue weighted by molar-refractivity contribution is 0.101. The van der Waals surface area contributed by atoms with Crippen molar-refractivity contribution in [3.8, 4) is 11.4 Å². The molecular weight excluding hydrogens is 408 g/mol. The van der Waals surface area contributed by atoms with Crippen molar-refractivity contribution in [1.82, 2.24) is 25.0 Å². The molecule has 32 heavy (non-hydrogen) atoms. The Morgan fingerprint density at radius 1 is 1.12 bits per heavy atom. The fraction of sp³-hybridized carbons (Fsp3) is 0.174. The number of carbonyl (C=O) groups is 2. The minimum atomic E-state index is -0.466. The second-order valence-corrected chi connectivity index (χ2v) is 7.56. The van der Waals surface area contributed by atoms with Gasteiger partial charge in [-0.25, -0.2) is 9.78 Å². The molecule has 2 aromatic heterocycles. The molecule has 0 aliphatic carbocycles. The number of amides is 2. The molecule has 2 N–H and O–H groups in total. The van der Waals surface area contributed by atoms with Crippen LogP contribution < -0.4 is 5.32 Å². The number of aromatic amines is 1. The SMILES string of the molecule is CC(=O)c1ccc(NC(=O)N2Cc3[nH]cnc3CC2c2nc(-c3ccccc3)no2)cc1. The summed E-state index contributed by atoms with van der Waals surface area (Å²) in [6.07, 6.45) is 2.07. The molecule has 1 aliphatic rings. The first kappa shape index (κ1) is 19.7. The first-order chi connectivity index (χ1) is 15.6. The van der Waals surface area contributed by atoms with E-state index in [9.17, 15) is 9.59 Å². The monoisotopic (exact) mass is 428 g/mol. The smallest absolute Gasteiger partial charge is 0.322 e. The first-order valence-corrected chi connectivity index (χ1v) is 10.2. The van der Waals surface area contributed by atoms with Gasteiger partial charge >= 0.3 is 6.03 Å². The zero-order valence-electron chi connectivity index (χ0n) is 17.3. The van der Waals surface area contributed by atoms with Gasteiger partial charge in [0.05, 0.1) is 24.3 Å². The van der Waals surface area contributed by atoms with Gasteiger partial charge in [-0.15, -0.1) is 0 Å². The number of hydrogen-bond donors (Lipinski definition) is 2. The van der Waals surface area contributed by atoms with Gasteiger partial charge in [-0.1, -0.05) is 35.5 Å². The number of nitrogens with zero attached hydrogens (tertiary/aromatic N) is 4. The van der Waals surface area contributed by atoms with Crippen LogP contribution in [0.1, 0.15) is 40.6 Å². The largest absolute Gasteiger partial charge is 0.347 e. The van der Waals surface area contributed by atoms with Crippen LogP contribution in [0.5, 0.6) is 0 Å². The standard InChI is InChI=1S/C23H20N6O3/c1-14(30)15-7-9-17(10-8-15)26-23(31)29-12-19-18(24-13-25-19)11-20(29)22-27-21(28-32-22)16-5-3-2-4-6-16/h2-10,13,20H,11-12H2,1H3,(H,24,25)(H,26,31). The van der Waals surface area contributed by atoms with Crippen molar-refractivity contribution in [3.05, 3.63) is 83.8 Å². The molecule has 9 heteroatoms. The maximum Gasteiger partial charge on any atom is 0.322 e. The number of imidazole rings is 1. The summed E-state index contributed by atoms with van der Waals surface area (Å²) < 4.78 is 5.56. The number of aromatic nitrogens is 4. The van der Waals surface area contributed by atoms with Crippen molar-refractivity contribution in [3.63, 3.8) is 0 Å². The van der Waals surface area contributed by atoms with Gasteiger partial charge in [0.15, 0.2) is 5.78 Å². The van der Waals surface area contributed by atoms with Crippen LogP contribution in [0.2, 0.25) is 0 Å². The number of Topliss-reactive ketones (excluding diaryl/α,β-unsaturated/α-hetero) is 1. The Balaban J connectivity index is 1.42. The number of benzene rings is 2. The number of rotatable bonds is 4. The minimum Gasteiger partial charge on any atom is -0.347 e. The molecule has 0 bridgehead atoms. The van der Waals surface area contributed by atoms with Crippen LogP contribution in [0.3, 0.4) is 0 Å². The molecule has 2 amide bonds. The molecule has 2 aromatic carbocycles. The number of nitrogens with one attached hydrogen (secondary N) is 2. The molecule has 3 heterocycles. The lowest BCUT2D eigenvalue weighted by Crippen LogP contribution is -2.41. The maximum atomic E-state index is 13.2. The van der Waals surface area contributed by atoms with Crippen LogP contribution in [-0.4, -0.2) is 36.8 Å². The van der Waals surface area contributed by atoms with E-state index in [0.29, 0.717) is 35.9 Å². The van der Waals surface area contributed by atoms with Gasteiger partial charge in [0, 0.05) is 23.2 Å². The maximum absolute atomic E-state index is 13.2. The van der Waals surface area contributed by atoms with E-state index in [1.54, 1.807) is 35.5 Å². The van der Waals surface area contributed by atoms with E-state index in [1.807, 2.05) is 30.3 Å². The number of hydrogen-bond acceptors (Lipinski definition) is 6. The summed E-state index contributed by atoms with van der Waals surface area (Å²) in [6, 6.07) is 15.5. The Labute approximate surface area is 183 Å². The van der Waals surface area contributed by atoms with E-state index in [4.69, 9.17) is 4.52 Å². The summed E-state index contributed by atoms with van der Waals surface area (Å²) in [7, 11) is 0. The van der Waals surface area contributed by atoms with Crippen molar-refractivity contribution in [2.45, 2.75) is 25.9 Å². The highest BCUT2D eigenvalue weighted by Gasteiger charge is 2.36. The van der Waals surface area contributed by atoms with E-state index in [2.05, 4.69) is 25.4 Å². The van der Waals surface area contributed by atoms with E-state index in [-0.39, 0.29) is 11.8 Å². The fourth-order valence-corrected chi connectivity index (χ4v) is 3.73. The fourth-order valence-electron chi connectivity index (χ4n) is 3.73. The number of carbonyl (C=O) groups excluding carboxylic acids is 2. The molecule has 0 spiro atoms.